The van der Waals surface area contributed by atoms with Gasteiger partial charge in [-0.15, -0.1) is 18.3 Å². The summed E-state index contributed by atoms with van der Waals surface area (Å²) < 4.78 is 42.6. The van der Waals surface area contributed by atoms with E-state index in [4.69, 9.17) is 12.2 Å². The van der Waals surface area contributed by atoms with E-state index in [-0.39, 0.29) is 10.9 Å². The smallest absolute Gasteiger partial charge is 0.406 e. The average Bonchev–Trinajstić information content (AvgIpc) is 3.39. The standard InChI is InChI=1S/C30H31F3N6O2S/c1-18(2)25-12-5-19(3)15-26(25)36-29(42)37-28(40)34-14-13-21-6-7-22(16-20(21)4)27-35-17-39(38-27)23-8-10-24(11-9-23)41-30(31,32)33/h5-12,15-18H,13-14H2,1-4H3,(H3,34,36,37,40,42). The predicted octanol–water partition coefficient (Wildman–Crippen LogP) is 6.81. The van der Waals surface area contributed by atoms with E-state index < -0.39 is 12.4 Å². The molecule has 4 rings (SSSR count). The summed E-state index contributed by atoms with van der Waals surface area (Å²) in [6.07, 6.45) is -2.66. The van der Waals surface area contributed by atoms with Crippen LogP contribution in [0.2, 0.25) is 0 Å². The molecule has 2 amide bonds. The number of thiocarbonyl (C=S) groups is 1. The minimum atomic E-state index is -4.75. The number of aromatic nitrogens is 3. The van der Waals surface area contributed by atoms with E-state index in [0.29, 0.717) is 30.4 Å². The van der Waals surface area contributed by atoms with Crippen LogP contribution < -0.4 is 20.7 Å². The number of urea groups is 1. The van der Waals surface area contributed by atoms with Gasteiger partial charge >= 0.3 is 12.4 Å². The van der Waals surface area contributed by atoms with E-state index in [1.807, 2.05) is 44.2 Å². The largest absolute Gasteiger partial charge is 0.573 e. The summed E-state index contributed by atoms with van der Waals surface area (Å²) in [6, 6.07) is 16.8. The number of hydrogen-bond donors (Lipinski definition) is 3. The lowest BCUT2D eigenvalue weighted by atomic mass is 9.99. The molecule has 3 N–H and O–H groups in total. The number of ether oxygens (including phenoxy) is 1. The molecule has 8 nitrogen and oxygen atoms in total. The van der Waals surface area contributed by atoms with Crippen molar-refractivity contribution in [3.8, 4) is 22.8 Å². The summed E-state index contributed by atoms with van der Waals surface area (Å²) in [4.78, 5) is 16.8. The molecule has 0 spiro atoms. The van der Waals surface area contributed by atoms with Gasteiger partial charge in [-0.05, 0) is 97.1 Å². The highest BCUT2D eigenvalue weighted by atomic mass is 32.1. The zero-order valence-electron chi connectivity index (χ0n) is 23.5. The molecule has 4 aromatic rings. The zero-order chi connectivity index (χ0) is 30.4. The number of anilines is 1. The molecule has 220 valence electrons. The van der Waals surface area contributed by atoms with E-state index in [2.05, 4.69) is 50.7 Å². The van der Waals surface area contributed by atoms with Gasteiger partial charge < -0.3 is 15.4 Å². The topological polar surface area (TPSA) is 93.1 Å². The van der Waals surface area contributed by atoms with Crippen LogP contribution in [0.4, 0.5) is 23.7 Å². The molecule has 0 aliphatic rings. The van der Waals surface area contributed by atoms with Gasteiger partial charge in [0, 0.05) is 17.8 Å². The predicted molar refractivity (Wildman–Crippen MR) is 160 cm³/mol. The highest BCUT2D eigenvalue weighted by Crippen LogP contribution is 2.26. The summed E-state index contributed by atoms with van der Waals surface area (Å²) >= 11 is 5.34. The van der Waals surface area contributed by atoms with Gasteiger partial charge in [-0.3, -0.25) is 5.32 Å². The van der Waals surface area contributed by atoms with E-state index >= 15 is 0 Å². The van der Waals surface area contributed by atoms with Gasteiger partial charge in [-0.1, -0.05) is 38.1 Å². The van der Waals surface area contributed by atoms with Crippen molar-refractivity contribution in [1.29, 1.82) is 0 Å². The number of aryl methyl sites for hydroxylation is 2. The van der Waals surface area contributed by atoms with Crippen molar-refractivity contribution in [1.82, 2.24) is 25.4 Å². The molecule has 0 radical (unpaired) electrons. The Morgan fingerprint density at radius 1 is 1.05 bits per heavy atom. The summed E-state index contributed by atoms with van der Waals surface area (Å²) in [7, 11) is 0. The van der Waals surface area contributed by atoms with Gasteiger partial charge in [0.05, 0.1) is 5.69 Å². The number of benzene rings is 3. The molecule has 0 saturated heterocycles. The Labute approximate surface area is 247 Å². The van der Waals surface area contributed by atoms with Crippen LogP contribution in [0.3, 0.4) is 0 Å². The maximum Gasteiger partial charge on any atom is 0.573 e. The molecule has 0 fully saturated rings. The highest BCUT2D eigenvalue weighted by Gasteiger charge is 2.31. The van der Waals surface area contributed by atoms with E-state index in [0.717, 1.165) is 33.5 Å². The molecule has 12 heteroatoms. The number of rotatable bonds is 8. The first-order chi connectivity index (χ1) is 19.9. The van der Waals surface area contributed by atoms with Crippen LogP contribution in [-0.2, 0) is 6.42 Å². The third-order valence-corrected chi connectivity index (χ3v) is 6.62. The minimum Gasteiger partial charge on any atom is -0.406 e. The Bertz CT molecular complexity index is 1570. The minimum absolute atomic E-state index is 0.220. The van der Waals surface area contributed by atoms with Crippen LogP contribution in [0, 0.1) is 13.8 Å². The Balaban J connectivity index is 1.29. The number of amides is 2. The zero-order valence-corrected chi connectivity index (χ0v) is 24.4. The Morgan fingerprint density at radius 3 is 2.45 bits per heavy atom. The molecule has 1 aromatic heterocycles. The van der Waals surface area contributed by atoms with Gasteiger partial charge in [-0.2, -0.15) is 0 Å². The number of carbonyl (C=O) groups is 1. The first kappa shape index (κ1) is 30.5. The lowest BCUT2D eigenvalue weighted by molar-refractivity contribution is -0.274. The van der Waals surface area contributed by atoms with Crippen molar-refractivity contribution in [3.05, 3.63) is 89.2 Å². The second-order valence-electron chi connectivity index (χ2n) is 10.0. The Morgan fingerprint density at radius 2 is 1.79 bits per heavy atom. The van der Waals surface area contributed by atoms with Gasteiger partial charge in [-0.25, -0.2) is 14.5 Å². The number of nitrogens with zero attached hydrogens (tertiary/aromatic N) is 3. The van der Waals surface area contributed by atoms with Crippen molar-refractivity contribution in [2.24, 2.45) is 0 Å². The van der Waals surface area contributed by atoms with Crippen LogP contribution >= 0.6 is 12.2 Å². The molecule has 0 saturated carbocycles. The van der Waals surface area contributed by atoms with Crippen LogP contribution in [0.5, 0.6) is 5.75 Å². The van der Waals surface area contributed by atoms with E-state index in [1.165, 1.54) is 35.3 Å². The SMILES string of the molecule is Cc1ccc(C(C)C)c(NC(=S)NC(=O)NCCc2ccc(-c3ncn(-c4ccc(OC(F)(F)F)cc4)n3)cc2C)c1. The normalized spacial score (nSPS) is 11.3. The molecule has 3 aromatic carbocycles. The Hall–Kier alpha value is -4.45. The van der Waals surface area contributed by atoms with Crippen LogP contribution in [0.25, 0.3) is 17.1 Å². The fourth-order valence-corrected chi connectivity index (χ4v) is 4.53. The van der Waals surface area contributed by atoms with Crippen molar-refractivity contribution >= 4 is 29.0 Å². The molecule has 0 aliphatic heterocycles. The molecule has 1 heterocycles. The first-order valence-electron chi connectivity index (χ1n) is 13.2. The fourth-order valence-electron chi connectivity index (χ4n) is 4.33. The quantitative estimate of drug-likeness (QED) is 0.194. The molecule has 42 heavy (non-hydrogen) atoms. The summed E-state index contributed by atoms with van der Waals surface area (Å²) in [5.74, 6) is 0.452. The average molecular weight is 597 g/mol. The molecule has 0 aliphatic carbocycles. The highest BCUT2D eigenvalue weighted by molar-refractivity contribution is 7.80. The second-order valence-corrected chi connectivity index (χ2v) is 10.4. The van der Waals surface area contributed by atoms with Crippen molar-refractivity contribution in [3.63, 3.8) is 0 Å². The Kier molecular flexibility index (Phi) is 9.46. The number of hydrogen-bond acceptors (Lipinski definition) is 5. The van der Waals surface area contributed by atoms with Crippen molar-refractivity contribution in [2.75, 3.05) is 11.9 Å². The molecular formula is C30H31F3N6O2S. The van der Waals surface area contributed by atoms with Gasteiger partial charge in [0.2, 0.25) is 0 Å². The number of carbonyl (C=O) groups excluding carboxylic acids is 1. The van der Waals surface area contributed by atoms with Gasteiger partial charge in [0.1, 0.15) is 12.1 Å². The second kappa shape index (κ2) is 13.0. The molecule has 0 unspecified atom stereocenters. The van der Waals surface area contributed by atoms with Crippen molar-refractivity contribution in [2.45, 2.75) is 46.4 Å². The summed E-state index contributed by atoms with van der Waals surface area (Å²) in [5.41, 5.74) is 6.44. The molecule has 0 atom stereocenters. The number of halogens is 3. The first-order valence-corrected chi connectivity index (χ1v) is 13.6. The van der Waals surface area contributed by atoms with Crippen LogP contribution in [-0.4, -0.2) is 38.8 Å². The van der Waals surface area contributed by atoms with Gasteiger partial charge in [0.25, 0.3) is 0 Å². The third-order valence-electron chi connectivity index (χ3n) is 6.41. The third kappa shape index (κ3) is 8.29. The van der Waals surface area contributed by atoms with Crippen LogP contribution in [0.1, 0.15) is 42.0 Å². The monoisotopic (exact) mass is 596 g/mol. The maximum atomic E-state index is 12.4. The fraction of sp³-hybridized carbons (Fsp3) is 0.267. The lowest BCUT2D eigenvalue weighted by Gasteiger charge is -2.17. The lowest BCUT2D eigenvalue weighted by Crippen LogP contribution is -2.42. The maximum absolute atomic E-state index is 12.4. The van der Waals surface area contributed by atoms with Crippen molar-refractivity contribution < 1.29 is 22.7 Å². The van der Waals surface area contributed by atoms with E-state index in [1.54, 1.807) is 0 Å². The molecular weight excluding hydrogens is 565 g/mol. The number of nitrogens with one attached hydrogen (secondary N) is 3. The van der Waals surface area contributed by atoms with E-state index in [9.17, 15) is 18.0 Å². The number of alkyl halides is 3. The van der Waals surface area contributed by atoms with Gasteiger partial charge in [0.15, 0.2) is 10.9 Å². The summed E-state index contributed by atoms with van der Waals surface area (Å²) in [6.45, 7) is 8.55. The summed E-state index contributed by atoms with van der Waals surface area (Å²) in [5, 5.41) is 13.3. The van der Waals surface area contributed by atoms with Crippen LogP contribution in [0.15, 0.2) is 67.0 Å². The molecule has 0 bridgehead atoms.